The molecular weight excluding hydrogens is 302 g/mol. The standard InChI is InChI=1S/C19H17N3O2/c1-14(15-6-10-18(23)11-7-15)20-21-19(24)16-4-8-17(9-5-16)22-12-2-3-13-22/h2-13,23H,1H3,(H,21,24). The first kappa shape index (κ1) is 15.6. The van der Waals surface area contributed by atoms with Gasteiger partial charge in [-0.1, -0.05) is 0 Å². The summed E-state index contributed by atoms with van der Waals surface area (Å²) in [7, 11) is 0. The summed E-state index contributed by atoms with van der Waals surface area (Å²) < 4.78 is 1.97. The molecule has 0 saturated carbocycles. The van der Waals surface area contributed by atoms with E-state index in [1.54, 1.807) is 43.3 Å². The van der Waals surface area contributed by atoms with Crippen LogP contribution in [0.5, 0.6) is 5.75 Å². The van der Waals surface area contributed by atoms with Crippen LogP contribution in [-0.4, -0.2) is 21.3 Å². The molecule has 0 unspecified atom stereocenters. The number of aromatic hydroxyl groups is 1. The molecule has 0 spiro atoms. The van der Waals surface area contributed by atoms with Gasteiger partial charge >= 0.3 is 0 Å². The summed E-state index contributed by atoms with van der Waals surface area (Å²) in [5, 5.41) is 13.4. The molecule has 0 radical (unpaired) electrons. The van der Waals surface area contributed by atoms with Gasteiger partial charge in [0.15, 0.2) is 0 Å². The van der Waals surface area contributed by atoms with Gasteiger partial charge in [-0.2, -0.15) is 5.10 Å². The minimum Gasteiger partial charge on any atom is -0.508 e. The molecule has 1 aromatic heterocycles. The molecule has 0 aliphatic rings. The molecule has 0 aliphatic heterocycles. The second-order valence-corrected chi connectivity index (χ2v) is 5.32. The summed E-state index contributed by atoms with van der Waals surface area (Å²) in [5.74, 6) is -0.0782. The van der Waals surface area contributed by atoms with Gasteiger partial charge < -0.3 is 9.67 Å². The predicted octanol–water partition coefficient (Wildman–Crippen LogP) is 3.34. The molecule has 1 heterocycles. The lowest BCUT2D eigenvalue weighted by atomic mass is 10.1. The van der Waals surface area contributed by atoms with E-state index in [0.29, 0.717) is 11.3 Å². The minimum absolute atomic E-state index is 0.193. The van der Waals surface area contributed by atoms with Gasteiger partial charge in [0.05, 0.1) is 5.71 Å². The van der Waals surface area contributed by atoms with E-state index >= 15 is 0 Å². The van der Waals surface area contributed by atoms with Crippen LogP contribution in [0.25, 0.3) is 5.69 Å². The quantitative estimate of drug-likeness (QED) is 0.572. The number of phenolic OH excluding ortho intramolecular Hbond substituents is 1. The lowest BCUT2D eigenvalue weighted by Crippen LogP contribution is -2.19. The summed E-state index contributed by atoms with van der Waals surface area (Å²) in [4.78, 5) is 12.2. The Morgan fingerprint density at radius 2 is 1.54 bits per heavy atom. The van der Waals surface area contributed by atoms with E-state index in [1.807, 2.05) is 41.2 Å². The fourth-order valence-electron chi connectivity index (χ4n) is 2.26. The maximum atomic E-state index is 12.2. The Labute approximate surface area is 139 Å². The van der Waals surface area contributed by atoms with Gasteiger partial charge in [0.2, 0.25) is 0 Å². The van der Waals surface area contributed by atoms with Crippen LogP contribution in [-0.2, 0) is 0 Å². The fourth-order valence-corrected chi connectivity index (χ4v) is 2.26. The summed E-state index contributed by atoms with van der Waals surface area (Å²) in [6.07, 6.45) is 3.89. The highest BCUT2D eigenvalue weighted by molar-refractivity contribution is 6.00. The Kier molecular flexibility index (Phi) is 4.43. The number of phenols is 1. The molecule has 1 amide bonds. The molecule has 0 fully saturated rings. The SMILES string of the molecule is CC(=NNC(=O)c1ccc(-n2cccc2)cc1)c1ccc(O)cc1. The third kappa shape index (κ3) is 3.52. The van der Waals surface area contributed by atoms with E-state index in [9.17, 15) is 9.90 Å². The van der Waals surface area contributed by atoms with E-state index < -0.39 is 0 Å². The molecule has 2 aromatic carbocycles. The van der Waals surface area contributed by atoms with Gasteiger partial charge in [-0.3, -0.25) is 4.79 Å². The van der Waals surface area contributed by atoms with E-state index in [4.69, 9.17) is 0 Å². The largest absolute Gasteiger partial charge is 0.508 e. The summed E-state index contributed by atoms with van der Waals surface area (Å²) in [6, 6.07) is 17.8. The number of nitrogens with zero attached hydrogens (tertiary/aromatic N) is 2. The molecule has 120 valence electrons. The van der Waals surface area contributed by atoms with Crippen LogP contribution in [0.2, 0.25) is 0 Å². The molecular formula is C19H17N3O2. The average Bonchev–Trinajstić information content (AvgIpc) is 3.15. The maximum Gasteiger partial charge on any atom is 0.271 e. The van der Waals surface area contributed by atoms with Gasteiger partial charge in [-0.25, -0.2) is 5.43 Å². The van der Waals surface area contributed by atoms with Crippen molar-refractivity contribution in [1.82, 2.24) is 9.99 Å². The lowest BCUT2D eigenvalue weighted by molar-refractivity contribution is 0.0955. The zero-order valence-corrected chi connectivity index (χ0v) is 13.2. The van der Waals surface area contributed by atoms with Crippen molar-refractivity contribution in [3.63, 3.8) is 0 Å². The molecule has 0 atom stereocenters. The molecule has 3 aromatic rings. The van der Waals surface area contributed by atoms with Crippen molar-refractivity contribution in [3.8, 4) is 11.4 Å². The fraction of sp³-hybridized carbons (Fsp3) is 0.0526. The van der Waals surface area contributed by atoms with E-state index in [2.05, 4.69) is 10.5 Å². The number of amides is 1. The van der Waals surface area contributed by atoms with Gasteiger partial charge in [0.25, 0.3) is 5.91 Å². The minimum atomic E-state index is -0.271. The topological polar surface area (TPSA) is 66.6 Å². The Morgan fingerprint density at radius 1 is 0.958 bits per heavy atom. The van der Waals surface area contributed by atoms with Crippen LogP contribution in [0, 0.1) is 0 Å². The van der Waals surface area contributed by atoms with Crippen molar-refractivity contribution in [2.24, 2.45) is 5.10 Å². The molecule has 24 heavy (non-hydrogen) atoms. The van der Waals surface area contributed by atoms with Crippen LogP contribution in [0.1, 0.15) is 22.8 Å². The highest BCUT2D eigenvalue weighted by Crippen LogP contribution is 2.11. The first-order chi connectivity index (χ1) is 11.6. The molecule has 5 nitrogen and oxygen atoms in total. The summed E-state index contributed by atoms with van der Waals surface area (Å²) in [5.41, 5.74) is 5.56. The Bertz CT molecular complexity index is 849. The lowest BCUT2D eigenvalue weighted by Gasteiger charge is -2.05. The molecule has 0 bridgehead atoms. The summed E-state index contributed by atoms with van der Waals surface area (Å²) >= 11 is 0. The second kappa shape index (κ2) is 6.83. The Morgan fingerprint density at radius 3 is 2.17 bits per heavy atom. The number of hydrogen-bond donors (Lipinski definition) is 2. The van der Waals surface area contributed by atoms with Gasteiger partial charge in [0.1, 0.15) is 5.75 Å². The number of hydrogen-bond acceptors (Lipinski definition) is 3. The highest BCUT2D eigenvalue weighted by Gasteiger charge is 2.05. The van der Waals surface area contributed by atoms with E-state index in [0.717, 1.165) is 11.3 Å². The molecule has 2 N–H and O–H groups in total. The van der Waals surface area contributed by atoms with Crippen molar-refractivity contribution in [2.75, 3.05) is 0 Å². The number of aromatic nitrogens is 1. The zero-order chi connectivity index (χ0) is 16.9. The molecule has 3 rings (SSSR count). The van der Waals surface area contributed by atoms with Crippen LogP contribution in [0.3, 0.4) is 0 Å². The van der Waals surface area contributed by atoms with E-state index in [1.165, 1.54) is 0 Å². The van der Waals surface area contributed by atoms with Crippen molar-refractivity contribution in [2.45, 2.75) is 6.92 Å². The van der Waals surface area contributed by atoms with Crippen molar-refractivity contribution in [3.05, 3.63) is 84.2 Å². The van der Waals surface area contributed by atoms with Crippen LogP contribution in [0.15, 0.2) is 78.2 Å². The van der Waals surface area contributed by atoms with Crippen molar-refractivity contribution >= 4 is 11.6 Å². The van der Waals surface area contributed by atoms with Crippen LogP contribution in [0.4, 0.5) is 0 Å². The number of benzene rings is 2. The normalized spacial score (nSPS) is 11.3. The zero-order valence-electron chi connectivity index (χ0n) is 13.2. The van der Waals surface area contributed by atoms with E-state index in [-0.39, 0.29) is 11.7 Å². The van der Waals surface area contributed by atoms with Crippen LogP contribution >= 0.6 is 0 Å². The third-order valence-corrected chi connectivity index (χ3v) is 3.64. The molecule has 0 saturated heterocycles. The van der Waals surface area contributed by atoms with Crippen LogP contribution < -0.4 is 5.43 Å². The predicted molar refractivity (Wildman–Crippen MR) is 93.6 cm³/mol. The average molecular weight is 319 g/mol. The third-order valence-electron chi connectivity index (χ3n) is 3.64. The first-order valence-electron chi connectivity index (χ1n) is 7.51. The number of carbonyl (C=O) groups excluding carboxylic acids is 1. The Balaban J connectivity index is 1.68. The molecule has 5 heteroatoms. The van der Waals surface area contributed by atoms with Gasteiger partial charge in [-0.05, 0) is 73.2 Å². The first-order valence-corrected chi connectivity index (χ1v) is 7.51. The monoisotopic (exact) mass is 319 g/mol. The molecule has 0 aliphatic carbocycles. The summed E-state index contributed by atoms with van der Waals surface area (Å²) in [6.45, 7) is 1.79. The van der Waals surface area contributed by atoms with Crippen molar-refractivity contribution < 1.29 is 9.90 Å². The maximum absolute atomic E-state index is 12.2. The Hall–Kier alpha value is -3.34. The number of nitrogens with one attached hydrogen (secondary N) is 1. The second-order valence-electron chi connectivity index (χ2n) is 5.32. The van der Waals surface area contributed by atoms with Gasteiger partial charge in [0, 0.05) is 23.6 Å². The number of hydrazone groups is 1. The number of carbonyl (C=O) groups is 1. The van der Waals surface area contributed by atoms with Crippen molar-refractivity contribution in [1.29, 1.82) is 0 Å². The van der Waals surface area contributed by atoms with Gasteiger partial charge in [-0.15, -0.1) is 0 Å². The smallest absolute Gasteiger partial charge is 0.271 e. The highest BCUT2D eigenvalue weighted by atomic mass is 16.3. The number of rotatable bonds is 4.